The van der Waals surface area contributed by atoms with Crippen LogP contribution >= 0.6 is 0 Å². The third kappa shape index (κ3) is 2.68. The molecule has 0 saturated carbocycles. The van der Waals surface area contributed by atoms with Crippen molar-refractivity contribution in [3.05, 3.63) is 47.9 Å². The highest BCUT2D eigenvalue weighted by Crippen LogP contribution is 2.24. The summed E-state index contributed by atoms with van der Waals surface area (Å²) in [5, 5.41) is 9.01. The van der Waals surface area contributed by atoms with E-state index in [1.54, 1.807) is 6.20 Å². The Labute approximate surface area is 140 Å². The number of carbonyl (C=O) groups excluding carboxylic acids is 1. The van der Waals surface area contributed by atoms with Crippen LogP contribution in [0.3, 0.4) is 0 Å². The Morgan fingerprint density at radius 3 is 3.17 bits per heavy atom. The molecule has 1 N–H and O–H groups in total. The molecule has 1 atom stereocenters. The van der Waals surface area contributed by atoms with Crippen LogP contribution in [0.1, 0.15) is 24.0 Å². The number of aromatic nitrogens is 4. The molecule has 1 saturated heterocycles. The van der Waals surface area contributed by atoms with Crippen molar-refractivity contribution in [2.24, 2.45) is 0 Å². The number of H-pyrrole nitrogens is 1. The topological polar surface area (TPSA) is 66.8 Å². The summed E-state index contributed by atoms with van der Waals surface area (Å²) in [5.74, 6) is 0.194. The summed E-state index contributed by atoms with van der Waals surface area (Å²) in [5.41, 5.74) is 3.41. The van der Waals surface area contributed by atoms with E-state index in [2.05, 4.69) is 34.4 Å². The summed E-state index contributed by atoms with van der Waals surface area (Å²) >= 11 is 0. The number of hydrogen-bond donors (Lipinski definition) is 1. The summed E-state index contributed by atoms with van der Waals surface area (Å²) in [6, 6.07) is 6.42. The SMILES string of the molecule is Cc1cccc2c(CC(=O)N3CCC[C@H]3Cn3ccnn3)c[nH]c12. The van der Waals surface area contributed by atoms with Crippen molar-refractivity contribution in [3.8, 4) is 0 Å². The first-order valence-corrected chi connectivity index (χ1v) is 8.41. The molecule has 0 unspecified atom stereocenters. The van der Waals surface area contributed by atoms with Gasteiger partial charge in [0.25, 0.3) is 0 Å². The Morgan fingerprint density at radius 2 is 2.33 bits per heavy atom. The van der Waals surface area contributed by atoms with Gasteiger partial charge in [-0.1, -0.05) is 23.4 Å². The van der Waals surface area contributed by atoms with E-state index in [1.807, 2.05) is 28.0 Å². The van der Waals surface area contributed by atoms with Gasteiger partial charge in [-0.05, 0) is 30.9 Å². The van der Waals surface area contributed by atoms with Gasteiger partial charge in [-0.15, -0.1) is 5.10 Å². The molecule has 3 aromatic rings. The predicted molar refractivity (Wildman–Crippen MR) is 91.5 cm³/mol. The van der Waals surface area contributed by atoms with Crippen LogP contribution in [-0.2, 0) is 17.8 Å². The second kappa shape index (κ2) is 6.11. The number of fused-ring (bicyclic) bond motifs is 1. The number of nitrogens with one attached hydrogen (secondary N) is 1. The lowest BCUT2D eigenvalue weighted by atomic mass is 10.1. The van der Waals surface area contributed by atoms with Crippen LogP contribution in [-0.4, -0.2) is 43.4 Å². The number of aryl methyl sites for hydroxylation is 1. The van der Waals surface area contributed by atoms with E-state index in [0.717, 1.165) is 42.4 Å². The lowest BCUT2D eigenvalue weighted by molar-refractivity contribution is -0.131. The van der Waals surface area contributed by atoms with E-state index in [4.69, 9.17) is 0 Å². The number of rotatable bonds is 4. The largest absolute Gasteiger partial charge is 0.361 e. The van der Waals surface area contributed by atoms with Crippen molar-refractivity contribution in [2.75, 3.05) is 6.54 Å². The first-order valence-electron chi connectivity index (χ1n) is 8.41. The molecule has 6 nitrogen and oxygen atoms in total. The molecule has 4 rings (SSSR count). The van der Waals surface area contributed by atoms with Gasteiger partial charge in [0, 0.05) is 29.8 Å². The van der Waals surface area contributed by atoms with Gasteiger partial charge in [0.05, 0.1) is 25.2 Å². The van der Waals surface area contributed by atoms with Crippen molar-refractivity contribution in [2.45, 2.75) is 38.8 Å². The molecule has 0 bridgehead atoms. The maximum atomic E-state index is 12.8. The Balaban J connectivity index is 1.51. The fraction of sp³-hybridized carbons (Fsp3) is 0.389. The smallest absolute Gasteiger partial charge is 0.227 e. The zero-order chi connectivity index (χ0) is 16.5. The van der Waals surface area contributed by atoms with Gasteiger partial charge in [0.15, 0.2) is 0 Å². The van der Waals surface area contributed by atoms with Crippen molar-refractivity contribution in [1.82, 2.24) is 24.9 Å². The minimum absolute atomic E-state index is 0.194. The number of likely N-dealkylation sites (tertiary alicyclic amines) is 1. The highest BCUT2D eigenvalue weighted by atomic mass is 16.2. The molecule has 24 heavy (non-hydrogen) atoms. The van der Waals surface area contributed by atoms with E-state index in [1.165, 1.54) is 5.56 Å². The quantitative estimate of drug-likeness (QED) is 0.801. The van der Waals surface area contributed by atoms with Crippen molar-refractivity contribution in [1.29, 1.82) is 0 Å². The van der Waals surface area contributed by atoms with Crippen molar-refractivity contribution < 1.29 is 4.79 Å². The minimum Gasteiger partial charge on any atom is -0.361 e. The summed E-state index contributed by atoms with van der Waals surface area (Å²) in [4.78, 5) is 18.2. The van der Waals surface area contributed by atoms with Gasteiger partial charge < -0.3 is 9.88 Å². The standard InChI is InChI=1S/C18H21N5O/c1-13-4-2-6-16-14(11-19-18(13)16)10-17(24)23-8-3-5-15(23)12-22-9-7-20-21-22/h2,4,6-7,9,11,15,19H,3,5,8,10,12H2,1H3/t15-/m0/s1. The fourth-order valence-electron chi connectivity index (χ4n) is 3.67. The molecule has 1 aromatic carbocycles. The second-order valence-electron chi connectivity index (χ2n) is 6.50. The molecule has 3 heterocycles. The van der Waals surface area contributed by atoms with E-state index in [-0.39, 0.29) is 11.9 Å². The lowest BCUT2D eigenvalue weighted by Crippen LogP contribution is -2.39. The van der Waals surface area contributed by atoms with Crippen LogP contribution in [0.15, 0.2) is 36.8 Å². The van der Waals surface area contributed by atoms with E-state index in [9.17, 15) is 4.79 Å². The molecular formula is C18H21N5O. The molecule has 6 heteroatoms. The highest BCUT2D eigenvalue weighted by molar-refractivity contribution is 5.90. The highest BCUT2D eigenvalue weighted by Gasteiger charge is 2.29. The predicted octanol–water partition coefficient (Wildman–Crippen LogP) is 2.30. The second-order valence-corrected chi connectivity index (χ2v) is 6.50. The Bertz CT molecular complexity index is 852. The maximum absolute atomic E-state index is 12.8. The number of para-hydroxylation sites is 1. The van der Waals surface area contributed by atoms with Gasteiger partial charge in [0.1, 0.15) is 0 Å². The van der Waals surface area contributed by atoms with Crippen LogP contribution in [0.4, 0.5) is 0 Å². The molecule has 0 radical (unpaired) electrons. The van der Waals surface area contributed by atoms with Gasteiger partial charge in [-0.25, -0.2) is 0 Å². The van der Waals surface area contributed by atoms with Crippen LogP contribution < -0.4 is 0 Å². The number of amides is 1. The number of benzene rings is 1. The fourth-order valence-corrected chi connectivity index (χ4v) is 3.67. The first kappa shape index (κ1) is 14.9. The van der Waals surface area contributed by atoms with Gasteiger partial charge in [-0.2, -0.15) is 0 Å². The van der Waals surface area contributed by atoms with Crippen LogP contribution in [0.5, 0.6) is 0 Å². The Kier molecular flexibility index (Phi) is 3.80. The summed E-state index contributed by atoms with van der Waals surface area (Å²) in [7, 11) is 0. The van der Waals surface area contributed by atoms with E-state index >= 15 is 0 Å². The molecule has 0 aliphatic carbocycles. The first-order chi connectivity index (χ1) is 11.7. The molecule has 0 spiro atoms. The van der Waals surface area contributed by atoms with Crippen molar-refractivity contribution in [3.63, 3.8) is 0 Å². The van der Waals surface area contributed by atoms with Crippen LogP contribution in [0.25, 0.3) is 10.9 Å². The van der Waals surface area contributed by atoms with Gasteiger partial charge in [-0.3, -0.25) is 9.48 Å². The zero-order valence-corrected chi connectivity index (χ0v) is 13.8. The molecule has 124 valence electrons. The Morgan fingerprint density at radius 1 is 1.42 bits per heavy atom. The minimum atomic E-state index is 0.194. The summed E-state index contributed by atoms with van der Waals surface area (Å²) in [6.45, 7) is 3.64. The number of carbonyl (C=O) groups is 1. The van der Waals surface area contributed by atoms with Crippen molar-refractivity contribution >= 4 is 16.8 Å². The monoisotopic (exact) mass is 323 g/mol. The van der Waals surface area contributed by atoms with E-state index < -0.39 is 0 Å². The van der Waals surface area contributed by atoms with Gasteiger partial charge in [0.2, 0.25) is 5.91 Å². The Hall–Kier alpha value is -2.63. The number of aromatic amines is 1. The molecule has 1 fully saturated rings. The maximum Gasteiger partial charge on any atom is 0.227 e. The third-order valence-corrected chi connectivity index (χ3v) is 4.92. The third-order valence-electron chi connectivity index (χ3n) is 4.92. The number of nitrogens with zero attached hydrogens (tertiary/aromatic N) is 4. The molecule has 2 aromatic heterocycles. The van der Waals surface area contributed by atoms with Crippen LogP contribution in [0, 0.1) is 6.92 Å². The summed E-state index contributed by atoms with van der Waals surface area (Å²) < 4.78 is 1.81. The average Bonchev–Trinajstić information content (AvgIpc) is 3.30. The van der Waals surface area contributed by atoms with Gasteiger partial charge >= 0.3 is 0 Å². The van der Waals surface area contributed by atoms with E-state index in [0.29, 0.717) is 6.42 Å². The zero-order valence-electron chi connectivity index (χ0n) is 13.8. The average molecular weight is 323 g/mol. The summed E-state index contributed by atoms with van der Waals surface area (Å²) in [6.07, 6.45) is 8.02. The van der Waals surface area contributed by atoms with Crippen LogP contribution in [0.2, 0.25) is 0 Å². The number of hydrogen-bond acceptors (Lipinski definition) is 3. The normalized spacial score (nSPS) is 17.7. The molecule has 1 aliphatic heterocycles. The molecular weight excluding hydrogens is 302 g/mol. The molecule has 1 aliphatic rings. The lowest BCUT2D eigenvalue weighted by Gasteiger charge is -2.24. The molecule has 1 amide bonds.